The number of ether oxygens (including phenoxy) is 1. The average molecular weight is 478 g/mol. The lowest BCUT2D eigenvalue weighted by Gasteiger charge is -2.36. The molecule has 184 valence electrons. The van der Waals surface area contributed by atoms with Crippen molar-refractivity contribution >= 4 is 16.9 Å². The molecular formula is C25H31N7O3. The molecule has 0 saturated carbocycles. The van der Waals surface area contributed by atoms with E-state index in [1.54, 1.807) is 32.5 Å². The van der Waals surface area contributed by atoms with Crippen molar-refractivity contribution in [1.82, 2.24) is 24.8 Å². The normalized spacial score (nSPS) is 20.0. The summed E-state index contributed by atoms with van der Waals surface area (Å²) in [5.41, 5.74) is 2.40. The topological polar surface area (TPSA) is 110 Å². The SMILES string of the molecule is CNC1(CCN(C)C)C=C(OC)C(Nc2nccc(-c3cn(C)c4ccccc34)n2)=CC1[N+](=O)[O-]. The highest BCUT2D eigenvalue weighted by molar-refractivity contribution is 5.95. The van der Waals surface area contributed by atoms with Crippen LogP contribution < -0.4 is 10.6 Å². The van der Waals surface area contributed by atoms with Crippen LogP contribution in [-0.2, 0) is 11.8 Å². The van der Waals surface area contributed by atoms with Crippen LogP contribution >= 0.6 is 0 Å². The molecule has 2 heterocycles. The van der Waals surface area contributed by atoms with Crippen LogP contribution in [0.15, 0.2) is 66.3 Å². The number of benzene rings is 1. The molecule has 10 heteroatoms. The van der Waals surface area contributed by atoms with Gasteiger partial charge in [0.1, 0.15) is 11.3 Å². The number of hydrogen-bond acceptors (Lipinski definition) is 8. The Morgan fingerprint density at radius 3 is 2.74 bits per heavy atom. The van der Waals surface area contributed by atoms with Gasteiger partial charge >= 0.3 is 0 Å². The zero-order chi connectivity index (χ0) is 25.2. The molecule has 2 atom stereocenters. The molecule has 35 heavy (non-hydrogen) atoms. The molecule has 0 spiro atoms. The minimum absolute atomic E-state index is 0.274. The molecular weight excluding hydrogens is 446 g/mol. The first kappa shape index (κ1) is 24.4. The lowest BCUT2D eigenvalue weighted by atomic mass is 9.82. The van der Waals surface area contributed by atoms with Crippen molar-refractivity contribution in [2.24, 2.45) is 7.05 Å². The first-order chi connectivity index (χ1) is 16.8. The van der Waals surface area contributed by atoms with E-state index < -0.39 is 11.6 Å². The van der Waals surface area contributed by atoms with Crippen molar-refractivity contribution in [2.75, 3.05) is 40.1 Å². The van der Waals surface area contributed by atoms with Gasteiger partial charge in [-0.3, -0.25) is 10.1 Å². The van der Waals surface area contributed by atoms with Gasteiger partial charge in [-0.05, 0) is 52.3 Å². The maximum Gasteiger partial charge on any atom is 0.255 e. The van der Waals surface area contributed by atoms with E-state index in [2.05, 4.69) is 32.3 Å². The molecule has 4 rings (SSSR count). The lowest BCUT2D eigenvalue weighted by molar-refractivity contribution is -0.519. The number of fused-ring (bicyclic) bond motifs is 1. The molecule has 1 aliphatic rings. The highest BCUT2D eigenvalue weighted by Crippen LogP contribution is 2.33. The number of aryl methyl sites for hydroxylation is 1. The molecule has 3 aromatic rings. The van der Waals surface area contributed by atoms with Gasteiger partial charge in [0, 0.05) is 46.9 Å². The van der Waals surface area contributed by atoms with E-state index in [1.165, 1.54) is 0 Å². The highest BCUT2D eigenvalue weighted by Gasteiger charge is 2.46. The summed E-state index contributed by atoms with van der Waals surface area (Å²) in [5, 5.41) is 19.5. The van der Waals surface area contributed by atoms with Gasteiger partial charge < -0.3 is 24.8 Å². The summed E-state index contributed by atoms with van der Waals surface area (Å²) < 4.78 is 7.70. The zero-order valence-electron chi connectivity index (χ0n) is 20.6. The van der Waals surface area contributed by atoms with Crippen LogP contribution in [0.25, 0.3) is 22.2 Å². The number of rotatable bonds is 9. The Morgan fingerprint density at radius 2 is 2.06 bits per heavy atom. The first-order valence-electron chi connectivity index (χ1n) is 11.4. The number of para-hydroxylation sites is 1. The summed E-state index contributed by atoms with van der Waals surface area (Å²) in [4.78, 5) is 22.9. The smallest absolute Gasteiger partial charge is 0.255 e. The number of methoxy groups -OCH3 is 1. The van der Waals surface area contributed by atoms with Crippen molar-refractivity contribution in [3.05, 3.63) is 76.4 Å². The van der Waals surface area contributed by atoms with Crippen molar-refractivity contribution in [3.63, 3.8) is 0 Å². The molecule has 2 unspecified atom stereocenters. The number of likely N-dealkylation sites (N-methyl/N-ethyl adjacent to an activating group) is 1. The Labute approximate surface area is 204 Å². The predicted molar refractivity (Wildman–Crippen MR) is 136 cm³/mol. The number of nitrogens with one attached hydrogen (secondary N) is 2. The zero-order valence-corrected chi connectivity index (χ0v) is 20.6. The van der Waals surface area contributed by atoms with Gasteiger partial charge in [-0.1, -0.05) is 18.2 Å². The minimum atomic E-state index is -1.00. The number of aromatic nitrogens is 3. The minimum Gasteiger partial charge on any atom is -0.495 e. The van der Waals surface area contributed by atoms with Crippen LogP contribution in [0, 0.1) is 10.1 Å². The first-order valence-corrected chi connectivity index (χ1v) is 11.4. The van der Waals surface area contributed by atoms with Crippen LogP contribution in [0.1, 0.15) is 6.42 Å². The third-order valence-electron chi connectivity index (χ3n) is 6.47. The van der Waals surface area contributed by atoms with E-state index in [4.69, 9.17) is 9.72 Å². The van der Waals surface area contributed by atoms with Crippen molar-refractivity contribution in [1.29, 1.82) is 0 Å². The summed E-state index contributed by atoms with van der Waals surface area (Å²) in [6, 6.07) is 8.96. The van der Waals surface area contributed by atoms with Gasteiger partial charge in [-0.25, -0.2) is 9.97 Å². The summed E-state index contributed by atoms with van der Waals surface area (Å²) in [6.45, 7) is 0.672. The lowest BCUT2D eigenvalue weighted by Crippen LogP contribution is -2.57. The van der Waals surface area contributed by atoms with Gasteiger partial charge in [0.15, 0.2) is 0 Å². The van der Waals surface area contributed by atoms with E-state index in [0.717, 1.165) is 22.2 Å². The van der Waals surface area contributed by atoms with Crippen LogP contribution in [0.5, 0.6) is 0 Å². The average Bonchev–Trinajstić information content (AvgIpc) is 3.19. The molecule has 1 aliphatic carbocycles. The highest BCUT2D eigenvalue weighted by atomic mass is 16.6. The molecule has 1 aromatic carbocycles. The van der Waals surface area contributed by atoms with Crippen LogP contribution in [0.3, 0.4) is 0 Å². The van der Waals surface area contributed by atoms with Gasteiger partial charge in [-0.15, -0.1) is 0 Å². The molecule has 0 fully saturated rings. The molecule has 10 nitrogen and oxygen atoms in total. The van der Waals surface area contributed by atoms with Crippen molar-refractivity contribution in [2.45, 2.75) is 18.0 Å². The second-order valence-electron chi connectivity index (χ2n) is 8.93. The summed E-state index contributed by atoms with van der Waals surface area (Å²) in [5.74, 6) is 0.826. The molecule has 0 bridgehead atoms. The van der Waals surface area contributed by atoms with Crippen molar-refractivity contribution in [3.8, 4) is 11.3 Å². The second-order valence-corrected chi connectivity index (χ2v) is 8.93. The number of hydrogen-bond donors (Lipinski definition) is 2. The van der Waals surface area contributed by atoms with Crippen LogP contribution in [0.2, 0.25) is 0 Å². The molecule has 2 N–H and O–H groups in total. The number of nitro groups is 1. The Balaban J connectivity index is 1.69. The fourth-order valence-electron chi connectivity index (χ4n) is 4.52. The molecule has 0 radical (unpaired) electrons. The van der Waals surface area contributed by atoms with Gasteiger partial charge in [0.25, 0.3) is 6.04 Å². The van der Waals surface area contributed by atoms with Gasteiger partial charge in [0.05, 0.1) is 18.5 Å². The standard InChI is InChI=1S/C25H31N7O3/c1-26-25(11-13-30(2)3)15-22(35-5)20(14-23(25)32(33)34)29-24-27-12-10-19(28-24)18-16-31(4)21-9-7-6-8-17(18)21/h6-10,12,14-16,23,26H,11,13H2,1-5H3,(H,27,28,29). The molecule has 0 amide bonds. The van der Waals surface area contributed by atoms with E-state index in [9.17, 15) is 10.1 Å². The van der Waals surface area contributed by atoms with Gasteiger partial charge in [0.2, 0.25) is 5.95 Å². The van der Waals surface area contributed by atoms with E-state index in [-0.39, 0.29) is 4.92 Å². The summed E-state index contributed by atoms with van der Waals surface area (Å²) >= 11 is 0. The quantitative estimate of drug-likeness (QED) is 0.357. The fraction of sp³-hybridized carbons (Fsp3) is 0.360. The van der Waals surface area contributed by atoms with E-state index in [0.29, 0.717) is 30.4 Å². The Hall–Kier alpha value is -3.76. The Bertz CT molecular complexity index is 1300. The summed E-state index contributed by atoms with van der Waals surface area (Å²) in [7, 11) is 9.16. The molecule has 0 saturated heterocycles. The molecule has 0 aliphatic heterocycles. The number of nitrogens with zero attached hydrogens (tertiary/aromatic N) is 5. The van der Waals surface area contributed by atoms with Crippen LogP contribution in [-0.4, -0.2) is 70.7 Å². The third-order valence-corrected chi connectivity index (χ3v) is 6.47. The summed E-state index contributed by atoms with van der Waals surface area (Å²) in [6.07, 6.45) is 7.61. The van der Waals surface area contributed by atoms with Gasteiger partial charge in [-0.2, -0.15) is 0 Å². The van der Waals surface area contributed by atoms with E-state index in [1.807, 2.05) is 50.4 Å². The molecule has 2 aromatic heterocycles. The number of anilines is 1. The monoisotopic (exact) mass is 477 g/mol. The maximum absolute atomic E-state index is 12.1. The Kier molecular flexibility index (Phi) is 6.86. The van der Waals surface area contributed by atoms with E-state index >= 15 is 0 Å². The predicted octanol–water partition coefficient (Wildman–Crippen LogP) is 3.03. The fourth-order valence-corrected chi connectivity index (χ4v) is 4.52. The largest absolute Gasteiger partial charge is 0.495 e. The third kappa shape index (κ3) is 4.75. The maximum atomic E-state index is 12.1. The van der Waals surface area contributed by atoms with Crippen LogP contribution in [0.4, 0.5) is 5.95 Å². The second kappa shape index (κ2) is 9.85. The van der Waals surface area contributed by atoms with Crippen molar-refractivity contribution < 1.29 is 9.66 Å². The Morgan fingerprint density at radius 1 is 1.29 bits per heavy atom.